The van der Waals surface area contributed by atoms with Crippen molar-refractivity contribution in [2.45, 2.75) is 6.42 Å². The molecule has 0 saturated carbocycles. The first-order valence-electron chi connectivity index (χ1n) is 4.61. The van der Waals surface area contributed by atoms with Crippen molar-refractivity contribution < 1.29 is 14.5 Å². The van der Waals surface area contributed by atoms with Crippen LogP contribution < -0.4 is 0 Å². The Labute approximate surface area is 92.5 Å². The average Bonchev–Trinajstić information content (AvgIpc) is 2.29. The first-order chi connectivity index (χ1) is 7.63. The monoisotopic (exact) mass is 221 g/mol. The van der Waals surface area contributed by atoms with Crippen molar-refractivity contribution in [3.8, 4) is 0 Å². The van der Waals surface area contributed by atoms with Crippen LogP contribution >= 0.6 is 0 Å². The summed E-state index contributed by atoms with van der Waals surface area (Å²) in [4.78, 5) is 20.7. The zero-order chi connectivity index (χ0) is 12.0. The molecule has 0 aromatic heterocycles. The van der Waals surface area contributed by atoms with Crippen LogP contribution in [0.3, 0.4) is 0 Å². The molecule has 84 valence electrons. The summed E-state index contributed by atoms with van der Waals surface area (Å²) in [6.07, 6.45) is 3.54. The van der Waals surface area contributed by atoms with Crippen LogP contribution in [0.4, 0.5) is 5.69 Å². The maximum Gasteiger partial charge on any atom is 0.309 e. The number of nitro benzene ring substituents is 1. The van der Waals surface area contributed by atoms with Crippen LogP contribution in [0.5, 0.6) is 0 Å². The minimum absolute atomic E-state index is 0.0464. The maximum atomic E-state index is 10.8. The van der Waals surface area contributed by atoms with Gasteiger partial charge < -0.3 is 4.74 Å². The highest BCUT2D eigenvalue weighted by atomic mass is 16.6. The summed E-state index contributed by atoms with van der Waals surface area (Å²) in [7, 11) is 1.32. The number of carbonyl (C=O) groups is 1. The normalized spacial score (nSPS) is 10.3. The molecule has 5 heteroatoms. The standard InChI is InChI=1S/C11H11NO4/c1-16-11(13)4-2-3-9-5-7-10(8-6-9)12(14)15/h2-3,5-8H,4H2,1H3. The number of rotatable bonds is 4. The van der Waals surface area contributed by atoms with Crippen LogP contribution in [-0.4, -0.2) is 18.0 Å². The van der Waals surface area contributed by atoms with E-state index in [4.69, 9.17) is 0 Å². The van der Waals surface area contributed by atoms with E-state index in [0.29, 0.717) is 0 Å². The van der Waals surface area contributed by atoms with Crippen LogP contribution in [0.1, 0.15) is 12.0 Å². The summed E-state index contributed by atoms with van der Waals surface area (Å²) in [6.45, 7) is 0. The van der Waals surface area contributed by atoms with Crippen molar-refractivity contribution in [1.82, 2.24) is 0 Å². The van der Waals surface area contributed by atoms with Crippen molar-refractivity contribution in [3.63, 3.8) is 0 Å². The molecule has 0 saturated heterocycles. The van der Waals surface area contributed by atoms with E-state index < -0.39 is 4.92 Å². The lowest BCUT2D eigenvalue weighted by atomic mass is 10.2. The molecule has 0 bridgehead atoms. The fourth-order valence-electron chi connectivity index (χ4n) is 1.08. The van der Waals surface area contributed by atoms with Crippen molar-refractivity contribution in [2.75, 3.05) is 7.11 Å². The van der Waals surface area contributed by atoms with E-state index in [2.05, 4.69) is 4.74 Å². The highest BCUT2D eigenvalue weighted by Gasteiger charge is 2.02. The van der Waals surface area contributed by atoms with Gasteiger partial charge in [-0.2, -0.15) is 0 Å². The Morgan fingerprint density at radius 2 is 2.06 bits per heavy atom. The van der Waals surface area contributed by atoms with Gasteiger partial charge in [0.05, 0.1) is 18.5 Å². The van der Waals surface area contributed by atoms with E-state index in [1.807, 2.05) is 0 Å². The number of hydrogen-bond donors (Lipinski definition) is 0. The van der Waals surface area contributed by atoms with Crippen molar-refractivity contribution in [2.24, 2.45) is 0 Å². The van der Waals surface area contributed by atoms with Gasteiger partial charge in [0.15, 0.2) is 0 Å². The Morgan fingerprint density at radius 3 is 2.56 bits per heavy atom. The van der Waals surface area contributed by atoms with Crippen molar-refractivity contribution >= 4 is 17.7 Å². The zero-order valence-electron chi connectivity index (χ0n) is 8.75. The van der Waals surface area contributed by atoms with Gasteiger partial charge in [-0.05, 0) is 17.7 Å². The molecule has 0 aliphatic carbocycles. The Hall–Kier alpha value is -2.17. The lowest BCUT2D eigenvalue weighted by Crippen LogP contribution is -1.96. The molecule has 5 nitrogen and oxygen atoms in total. The maximum absolute atomic E-state index is 10.8. The molecule has 0 fully saturated rings. The van der Waals surface area contributed by atoms with Crippen LogP contribution in [-0.2, 0) is 9.53 Å². The summed E-state index contributed by atoms with van der Waals surface area (Å²) < 4.78 is 4.46. The van der Waals surface area contributed by atoms with Crippen molar-refractivity contribution in [1.29, 1.82) is 0 Å². The number of hydrogen-bond acceptors (Lipinski definition) is 4. The number of nitrogens with zero attached hydrogens (tertiary/aromatic N) is 1. The highest BCUT2D eigenvalue weighted by Crippen LogP contribution is 2.12. The summed E-state index contributed by atoms with van der Waals surface area (Å²) in [5.41, 5.74) is 0.847. The molecule has 0 N–H and O–H groups in total. The van der Waals surface area contributed by atoms with Crippen LogP contribution in [0.25, 0.3) is 6.08 Å². The Bertz CT molecular complexity index is 408. The van der Waals surface area contributed by atoms with Gasteiger partial charge >= 0.3 is 5.97 Å². The second-order valence-electron chi connectivity index (χ2n) is 3.03. The molecule has 16 heavy (non-hydrogen) atoms. The van der Waals surface area contributed by atoms with E-state index in [1.54, 1.807) is 24.3 Å². The molecule has 1 aromatic rings. The lowest BCUT2D eigenvalue weighted by Gasteiger charge is -1.94. The number of benzene rings is 1. The zero-order valence-corrected chi connectivity index (χ0v) is 8.75. The van der Waals surface area contributed by atoms with Gasteiger partial charge in [-0.25, -0.2) is 0 Å². The van der Waals surface area contributed by atoms with Crippen molar-refractivity contribution in [3.05, 3.63) is 46.0 Å². The molecule has 0 radical (unpaired) electrons. The molecule has 0 unspecified atom stereocenters. The predicted octanol–water partition coefficient (Wildman–Crippen LogP) is 2.17. The number of non-ortho nitro benzene ring substituents is 1. The molecule has 0 aliphatic rings. The van der Waals surface area contributed by atoms with E-state index in [1.165, 1.54) is 19.2 Å². The Morgan fingerprint density at radius 1 is 1.44 bits per heavy atom. The molecule has 0 atom stereocenters. The minimum atomic E-state index is -0.456. The number of methoxy groups -OCH3 is 1. The quantitative estimate of drug-likeness (QED) is 0.444. The first kappa shape index (κ1) is 11.9. The van der Waals surface area contributed by atoms with Gasteiger partial charge in [-0.1, -0.05) is 12.2 Å². The van der Waals surface area contributed by atoms with E-state index in [0.717, 1.165) is 5.56 Å². The summed E-state index contributed by atoms with van der Waals surface area (Å²) in [5.74, 6) is -0.321. The third-order valence-corrected chi connectivity index (χ3v) is 1.93. The Kier molecular flexibility index (Phi) is 4.20. The predicted molar refractivity (Wildman–Crippen MR) is 58.8 cm³/mol. The van der Waals surface area contributed by atoms with Crippen LogP contribution in [0, 0.1) is 10.1 Å². The van der Waals surface area contributed by atoms with E-state index >= 15 is 0 Å². The second kappa shape index (κ2) is 5.65. The smallest absolute Gasteiger partial charge is 0.309 e. The number of nitro groups is 1. The molecular formula is C11H11NO4. The summed E-state index contributed by atoms with van der Waals surface area (Å²) in [5, 5.41) is 10.4. The van der Waals surface area contributed by atoms with E-state index in [9.17, 15) is 14.9 Å². The largest absolute Gasteiger partial charge is 0.469 e. The number of esters is 1. The second-order valence-corrected chi connectivity index (χ2v) is 3.03. The molecule has 1 rings (SSSR count). The lowest BCUT2D eigenvalue weighted by molar-refractivity contribution is -0.384. The number of carbonyl (C=O) groups excluding carboxylic acids is 1. The van der Waals surface area contributed by atoms with Crippen LogP contribution in [0.15, 0.2) is 30.3 Å². The number of ether oxygens (including phenoxy) is 1. The minimum Gasteiger partial charge on any atom is -0.469 e. The average molecular weight is 221 g/mol. The van der Waals surface area contributed by atoms with Gasteiger partial charge in [0.1, 0.15) is 0 Å². The van der Waals surface area contributed by atoms with Gasteiger partial charge in [0.25, 0.3) is 5.69 Å². The SMILES string of the molecule is COC(=O)CC=Cc1ccc([N+](=O)[O-])cc1. The fourth-order valence-corrected chi connectivity index (χ4v) is 1.08. The van der Waals surface area contributed by atoms with Crippen LogP contribution in [0.2, 0.25) is 0 Å². The molecule has 1 aromatic carbocycles. The third-order valence-electron chi connectivity index (χ3n) is 1.93. The Balaban J connectivity index is 2.61. The van der Waals surface area contributed by atoms with Gasteiger partial charge in [0.2, 0.25) is 0 Å². The topological polar surface area (TPSA) is 69.4 Å². The van der Waals surface area contributed by atoms with E-state index in [-0.39, 0.29) is 18.1 Å². The summed E-state index contributed by atoms with van der Waals surface area (Å²) in [6, 6.07) is 6.06. The molecule has 0 spiro atoms. The molecule has 0 amide bonds. The first-order valence-corrected chi connectivity index (χ1v) is 4.61. The molecular weight excluding hydrogens is 210 g/mol. The fraction of sp³-hybridized carbons (Fsp3) is 0.182. The van der Waals surface area contributed by atoms with Gasteiger partial charge in [0, 0.05) is 12.1 Å². The van der Waals surface area contributed by atoms with Gasteiger partial charge in [-0.3, -0.25) is 14.9 Å². The molecule has 0 heterocycles. The third kappa shape index (κ3) is 3.53. The molecule has 0 aliphatic heterocycles. The highest BCUT2D eigenvalue weighted by molar-refractivity contribution is 5.72. The summed E-state index contributed by atoms with van der Waals surface area (Å²) >= 11 is 0. The van der Waals surface area contributed by atoms with Gasteiger partial charge in [-0.15, -0.1) is 0 Å².